The van der Waals surface area contributed by atoms with Crippen LogP contribution < -0.4 is 10.6 Å². The second-order valence-corrected chi connectivity index (χ2v) is 6.64. The van der Waals surface area contributed by atoms with Crippen molar-refractivity contribution in [3.8, 4) is 5.82 Å². The van der Waals surface area contributed by atoms with Crippen LogP contribution in [0.15, 0.2) is 47.2 Å². The Kier molecular flexibility index (Phi) is 8.37. The number of pyridine rings is 1. The van der Waals surface area contributed by atoms with Gasteiger partial charge in [-0.05, 0) is 23.8 Å². The summed E-state index contributed by atoms with van der Waals surface area (Å²) in [4.78, 5) is 12.0. The van der Waals surface area contributed by atoms with E-state index in [1.165, 1.54) is 0 Å². The van der Waals surface area contributed by atoms with Crippen LogP contribution in [0.4, 0.5) is 13.2 Å². The summed E-state index contributed by atoms with van der Waals surface area (Å²) in [6.45, 7) is 0.922. The average Bonchev–Trinajstić information content (AvgIpc) is 3.36. The van der Waals surface area contributed by atoms with Gasteiger partial charge in [-0.15, -0.1) is 35.3 Å². The summed E-state index contributed by atoms with van der Waals surface area (Å²) in [7, 11) is 1.63. The van der Waals surface area contributed by atoms with E-state index >= 15 is 0 Å². The van der Waals surface area contributed by atoms with E-state index in [1.807, 2.05) is 24.4 Å². The molecule has 0 aliphatic rings. The Balaban J connectivity index is 0.00000300. The lowest BCUT2D eigenvalue weighted by Gasteiger charge is -2.12. The number of nitrogens with one attached hydrogen (secondary N) is 2. The Morgan fingerprint density at radius 2 is 2.10 bits per heavy atom. The molecule has 7 nitrogen and oxygen atoms in total. The zero-order chi connectivity index (χ0) is 20.0. The number of halogens is 4. The van der Waals surface area contributed by atoms with Crippen molar-refractivity contribution in [1.82, 2.24) is 30.4 Å². The lowest BCUT2D eigenvalue weighted by Crippen LogP contribution is -2.37. The van der Waals surface area contributed by atoms with Crippen LogP contribution in [0.3, 0.4) is 0 Å². The molecule has 0 spiro atoms. The number of thiazole rings is 1. The van der Waals surface area contributed by atoms with Gasteiger partial charge >= 0.3 is 6.18 Å². The molecule has 0 saturated heterocycles. The van der Waals surface area contributed by atoms with Crippen molar-refractivity contribution < 1.29 is 13.2 Å². The molecule has 0 radical (unpaired) electrons. The highest BCUT2D eigenvalue weighted by molar-refractivity contribution is 14.0. The first-order valence-electron chi connectivity index (χ1n) is 8.37. The summed E-state index contributed by atoms with van der Waals surface area (Å²) >= 11 is 1.000. The third-order valence-corrected chi connectivity index (χ3v) is 4.61. The van der Waals surface area contributed by atoms with Gasteiger partial charge in [0.2, 0.25) is 0 Å². The van der Waals surface area contributed by atoms with Crippen LogP contribution in [0.1, 0.15) is 16.3 Å². The van der Waals surface area contributed by atoms with Crippen LogP contribution in [0.2, 0.25) is 0 Å². The molecule has 3 aromatic rings. The Hall–Kier alpha value is -2.22. The maximum Gasteiger partial charge on any atom is 0.434 e. The van der Waals surface area contributed by atoms with E-state index in [9.17, 15) is 13.2 Å². The Bertz CT molecular complexity index is 925. The minimum absolute atomic E-state index is 0. The summed E-state index contributed by atoms with van der Waals surface area (Å²) < 4.78 is 39.4. The minimum Gasteiger partial charge on any atom is -0.356 e. The zero-order valence-electron chi connectivity index (χ0n) is 15.3. The predicted octanol–water partition coefficient (Wildman–Crippen LogP) is 3.27. The number of hydrogen-bond acceptors (Lipinski definition) is 5. The molecule has 2 N–H and O–H groups in total. The van der Waals surface area contributed by atoms with Crippen LogP contribution in [0.5, 0.6) is 0 Å². The number of rotatable bonds is 6. The van der Waals surface area contributed by atoms with Gasteiger partial charge in [-0.2, -0.15) is 18.3 Å². The van der Waals surface area contributed by atoms with Crippen LogP contribution in [-0.2, 0) is 19.1 Å². The molecule has 3 aromatic heterocycles. The van der Waals surface area contributed by atoms with E-state index in [0.29, 0.717) is 36.3 Å². The second-order valence-electron chi connectivity index (χ2n) is 5.70. The lowest BCUT2D eigenvalue weighted by molar-refractivity contribution is -0.140. The highest BCUT2D eigenvalue weighted by Crippen LogP contribution is 2.29. The topological polar surface area (TPSA) is 80.0 Å². The molecule has 0 fully saturated rings. The smallest absolute Gasteiger partial charge is 0.356 e. The van der Waals surface area contributed by atoms with Gasteiger partial charge in [0.15, 0.2) is 17.5 Å². The van der Waals surface area contributed by atoms with Gasteiger partial charge in [0.05, 0.1) is 5.01 Å². The molecule has 12 heteroatoms. The largest absolute Gasteiger partial charge is 0.434 e. The monoisotopic (exact) mass is 537 g/mol. The average molecular weight is 537 g/mol. The number of guanidine groups is 1. The van der Waals surface area contributed by atoms with Crippen LogP contribution >= 0.6 is 35.3 Å². The third kappa shape index (κ3) is 6.66. The van der Waals surface area contributed by atoms with E-state index in [0.717, 1.165) is 22.3 Å². The molecule has 156 valence electrons. The minimum atomic E-state index is -4.40. The Morgan fingerprint density at radius 3 is 2.76 bits per heavy atom. The van der Waals surface area contributed by atoms with Gasteiger partial charge in [-0.3, -0.25) is 4.99 Å². The van der Waals surface area contributed by atoms with E-state index in [2.05, 4.69) is 30.7 Å². The van der Waals surface area contributed by atoms with Crippen molar-refractivity contribution in [3.05, 3.63) is 58.4 Å². The molecule has 29 heavy (non-hydrogen) atoms. The first-order valence-corrected chi connectivity index (χ1v) is 9.25. The van der Waals surface area contributed by atoms with E-state index in [4.69, 9.17) is 0 Å². The molecular formula is C17H19F3IN7S. The van der Waals surface area contributed by atoms with Crippen LogP contribution in [0.25, 0.3) is 5.82 Å². The lowest BCUT2D eigenvalue weighted by atomic mass is 10.2. The molecule has 3 heterocycles. The maximum atomic E-state index is 12.6. The molecular weight excluding hydrogens is 518 g/mol. The molecule has 0 saturated carbocycles. The molecule has 0 aliphatic carbocycles. The number of aliphatic imine (C=N–C) groups is 1. The fourth-order valence-electron chi connectivity index (χ4n) is 2.35. The predicted molar refractivity (Wildman–Crippen MR) is 116 cm³/mol. The summed E-state index contributed by atoms with van der Waals surface area (Å²) in [5.74, 6) is 1.25. The van der Waals surface area contributed by atoms with Gasteiger partial charge in [-0.1, -0.05) is 0 Å². The van der Waals surface area contributed by atoms with E-state index in [1.54, 1.807) is 24.1 Å². The van der Waals surface area contributed by atoms with Gasteiger partial charge in [0.1, 0.15) is 0 Å². The van der Waals surface area contributed by atoms with Gasteiger partial charge < -0.3 is 10.6 Å². The summed E-state index contributed by atoms with van der Waals surface area (Å²) in [6.07, 6.45) is 1.16. The highest BCUT2D eigenvalue weighted by atomic mass is 127. The van der Waals surface area contributed by atoms with Gasteiger partial charge in [0, 0.05) is 50.5 Å². The zero-order valence-corrected chi connectivity index (χ0v) is 18.5. The van der Waals surface area contributed by atoms with Gasteiger partial charge in [0.25, 0.3) is 0 Å². The fourth-order valence-corrected chi connectivity index (χ4v) is 3.16. The molecule has 0 aliphatic heterocycles. The summed E-state index contributed by atoms with van der Waals surface area (Å²) in [5.41, 5.74) is 0.138. The molecule has 3 rings (SSSR count). The number of alkyl halides is 3. The normalized spacial score (nSPS) is 11.8. The Labute approximate surface area is 186 Å². The molecule has 0 aromatic carbocycles. The van der Waals surface area contributed by atoms with Crippen LogP contribution in [-0.4, -0.2) is 39.3 Å². The second kappa shape index (κ2) is 10.5. The first-order chi connectivity index (χ1) is 13.5. The number of hydrogen-bond donors (Lipinski definition) is 2. The fraction of sp³-hybridized carbons (Fsp3) is 0.294. The standard InChI is InChI=1S/C17H18F3N7S.HI/c1-21-16(23-7-4-15-26-13(11-28-15)17(18,19)20)24-10-12-3-6-22-14(9-12)27-8-2-5-25-27;/h2-3,5-6,8-9,11H,4,7,10H2,1H3,(H2,21,23,24);1H. The van der Waals surface area contributed by atoms with Gasteiger partial charge in [-0.25, -0.2) is 14.6 Å². The summed E-state index contributed by atoms with van der Waals surface area (Å²) in [5, 5.41) is 11.8. The Morgan fingerprint density at radius 1 is 1.28 bits per heavy atom. The number of aromatic nitrogens is 4. The van der Waals surface area contributed by atoms with E-state index < -0.39 is 11.9 Å². The molecule has 0 bridgehead atoms. The van der Waals surface area contributed by atoms with Crippen molar-refractivity contribution in [2.24, 2.45) is 4.99 Å². The SMILES string of the molecule is CN=C(NCCc1nc(C(F)(F)F)cs1)NCc1ccnc(-n2cccn2)c1.I. The van der Waals surface area contributed by atoms with Crippen molar-refractivity contribution in [1.29, 1.82) is 0 Å². The van der Waals surface area contributed by atoms with Crippen molar-refractivity contribution in [2.75, 3.05) is 13.6 Å². The third-order valence-electron chi connectivity index (χ3n) is 3.71. The molecule has 0 atom stereocenters. The van der Waals surface area contributed by atoms with Crippen LogP contribution in [0, 0.1) is 0 Å². The highest BCUT2D eigenvalue weighted by Gasteiger charge is 2.33. The maximum absolute atomic E-state index is 12.6. The number of nitrogens with zero attached hydrogens (tertiary/aromatic N) is 5. The molecule has 0 unspecified atom stereocenters. The quantitative estimate of drug-likeness (QED) is 0.287. The summed E-state index contributed by atoms with van der Waals surface area (Å²) in [6, 6.07) is 5.60. The van der Waals surface area contributed by atoms with Crippen molar-refractivity contribution in [3.63, 3.8) is 0 Å². The first kappa shape index (κ1) is 23.1. The molecule has 0 amide bonds. The van der Waals surface area contributed by atoms with E-state index in [-0.39, 0.29) is 24.0 Å². The van der Waals surface area contributed by atoms with Crippen molar-refractivity contribution in [2.45, 2.75) is 19.1 Å². The van der Waals surface area contributed by atoms with Crippen molar-refractivity contribution >= 4 is 41.3 Å².